The molecule has 0 spiro atoms. The molecule has 0 saturated heterocycles. The number of nitrogens with zero attached hydrogens (tertiary/aromatic N) is 3. The fourth-order valence-corrected chi connectivity index (χ4v) is 4.38. The highest BCUT2D eigenvalue weighted by Crippen LogP contribution is 2.33. The number of thiophene rings is 1. The van der Waals surface area contributed by atoms with Gasteiger partial charge in [0.25, 0.3) is 5.91 Å². The Labute approximate surface area is 183 Å². The molecule has 2 heterocycles. The minimum atomic E-state index is -0.302. The molecular weight excluding hydrogens is 415 g/mol. The summed E-state index contributed by atoms with van der Waals surface area (Å²) >= 11 is 1.36. The summed E-state index contributed by atoms with van der Waals surface area (Å²) < 4.78 is 20.6. The second-order valence-corrected chi connectivity index (χ2v) is 8.42. The summed E-state index contributed by atoms with van der Waals surface area (Å²) in [6.07, 6.45) is 0. The Balaban J connectivity index is 1.66. The molecule has 160 valence electrons. The largest absolute Gasteiger partial charge is 0.497 e. The van der Waals surface area contributed by atoms with Crippen LogP contribution in [0.3, 0.4) is 0 Å². The molecule has 1 N–H and O–H groups in total. The lowest BCUT2D eigenvalue weighted by atomic mass is 10.1. The van der Waals surface area contributed by atoms with Gasteiger partial charge in [-0.05, 0) is 55.0 Å². The van der Waals surface area contributed by atoms with E-state index in [1.165, 1.54) is 23.5 Å². The number of nitrogens with one attached hydrogen (secondary N) is 1. The van der Waals surface area contributed by atoms with E-state index in [-0.39, 0.29) is 17.8 Å². The van der Waals surface area contributed by atoms with Gasteiger partial charge in [-0.3, -0.25) is 9.36 Å². The molecule has 1 atom stereocenters. The summed E-state index contributed by atoms with van der Waals surface area (Å²) in [7, 11) is 5.41. The van der Waals surface area contributed by atoms with Crippen molar-refractivity contribution >= 4 is 33.5 Å². The van der Waals surface area contributed by atoms with Crippen LogP contribution in [0.2, 0.25) is 0 Å². The van der Waals surface area contributed by atoms with Crippen LogP contribution in [0.4, 0.5) is 10.3 Å². The lowest BCUT2D eigenvalue weighted by Crippen LogP contribution is -2.25. The maximum absolute atomic E-state index is 13.4. The number of methoxy groups -OCH3 is 1. The molecule has 0 saturated carbocycles. The van der Waals surface area contributed by atoms with E-state index in [4.69, 9.17) is 4.74 Å². The van der Waals surface area contributed by atoms with E-state index in [0.29, 0.717) is 10.8 Å². The van der Waals surface area contributed by atoms with Crippen LogP contribution in [0.15, 0.2) is 54.6 Å². The van der Waals surface area contributed by atoms with Crippen molar-refractivity contribution in [2.75, 3.05) is 26.1 Å². The molecule has 1 amide bonds. The third-order valence-electron chi connectivity index (χ3n) is 4.97. The van der Waals surface area contributed by atoms with E-state index < -0.39 is 0 Å². The predicted molar refractivity (Wildman–Crippen MR) is 122 cm³/mol. The van der Waals surface area contributed by atoms with Crippen molar-refractivity contribution in [1.82, 2.24) is 14.9 Å². The lowest BCUT2D eigenvalue weighted by molar-refractivity contribution is 0.0944. The van der Waals surface area contributed by atoms with Crippen molar-refractivity contribution in [2.45, 2.75) is 13.0 Å². The molecule has 1 unspecified atom stereocenters. The lowest BCUT2D eigenvalue weighted by Gasteiger charge is -2.15. The number of carbonyl (C=O) groups is 1. The highest BCUT2D eigenvalue weighted by molar-refractivity contribution is 7.20. The zero-order valence-electron chi connectivity index (χ0n) is 17.7. The number of benzene rings is 2. The number of hydrogen-bond acceptors (Lipinski definition) is 5. The molecular formula is C23H23FN4O2S. The second kappa shape index (κ2) is 8.39. The van der Waals surface area contributed by atoms with E-state index in [1.54, 1.807) is 25.3 Å². The fraction of sp³-hybridized carbons (Fsp3) is 0.217. The van der Waals surface area contributed by atoms with Crippen molar-refractivity contribution in [1.29, 1.82) is 0 Å². The van der Waals surface area contributed by atoms with Gasteiger partial charge < -0.3 is 15.0 Å². The number of anilines is 1. The molecule has 0 radical (unpaired) electrons. The van der Waals surface area contributed by atoms with Crippen molar-refractivity contribution in [3.63, 3.8) is 0 Å². The van der Waals surface area contributed by atoms with Crippen LogP contribution in [-0.4, -0.2) is 36.7 Å². The average Bonchev–Trinajstić information content (AvgIpc) is 3.33. The van der Waals surface area contributed by atoms with E-state index in [2.05, 4.69) is 10.3 Å². The number of rotatable bonds is 6. The number of imidazole rings is 1. The Morgan fingerprint density at radius 2 is 1.94 bits per heavy atom. The summed E-state index contributed by atoms with van der Waals surface area (Å²) in [5, 5.41) is 3.04. The van der Waals surface area contributed by atoms with E-state index in [1.807, 2.05) is 54.8 Å². The molecule has 0 fully saturated rings. The molecule has 4 rings (SSSR count). The van der Waals surface area contributed by atoms with Gasteiger partial charge in [-0.15, -0.1) is 11.3 Å². The first kappa shape index (κ1) is 20.9. The SMILES string of the molecule is COc1cccc(C(C)NC(=O)c2cc3nc(N(C)C)n(-c4ccc(F)cc4)c3s2)c1. The van der Waals surface area contributed by atoms with Crippen LogP contribution in [0.1, 0.15) is 28.2 Å². The second-order valence-electron chi connectivity index (χ2n) is 7.39. The predicted octanol–water partition coefficient (Wildman–Crippen LogP) is 4.79. The average molecular weight is 439 g/mol. The van der Waals surface area contributed by atoms with Gasteiger partial charge in [0, 0.05) is 14.1 Å². The molecule has 0 bridgehead atoms. The fourth-order valence-electron chi connectivity index (χ4n) is 3.36. The van der Waals surface area contributed by atoms with Gasteiger partial charge >= 0.3 is 0 Å². The zero-order chi connectivity index (χ0) is 22.1. The summed E-state index contributed by atoms with van der Waals surface area (Å²) in [6.45, 7) is 1.93. The van der Waals surface area contributed by atoms with Crippen LogP contribution in [-0.2, 0) is 0 Å². The maximum atomic E-state index is 13.4. The Hall–Kier alpha value is -3.39. The normalized spacial score (nSPS) is 12.0. The van der Waals surface area contributed by atoms with Crippen molar-refractivity contribution in [2.24, 2.45) is 0 Å². The number of carbonyl (C=O) groups excluding carboxylic acids is 1. The third-order valence-corrected chi connectivity index (χ3v) is 6.08. The van der Waals surface area contributed by atoms with E-state index in [9.17, 15) is 9.18 Å². The Kier molecular flexibility index (Phi) is 5.65. The molecule has 0 aliphatic heterocycles. The monoisotopic (exact) mass is 438 g/mol. The zero-order valence-corrected chi connectivity index (χ0v) is 18.5. The van der Waals surface area contributed by atoms with Gasteiger partial charge in [0.2, 0.25) is 5.95 Å². The molecule has 31 heavy (non-hydrogen) atoms. The standard InChI is InChI=1S/C23H23FN4O2S/c1-14(15-6-5-7-18(12-15)30-4)25-21(29)20-13-19-22(31-20)28(23(26-19)27(2)3)17-10-8-16(24)9-11-17/h5-14H,1-4H3,(H,25,29). The summed E-state index contributed by atoms with van der Waals surface area (Å²) in [6, 6.07) is 15.5. The van der Waals surface area contributed by atoms with Gasteiger partial charge in [-0.1, -0.05) is 12.1 Å². The maximum Gasteiger partial charge on any atom is 0.261 e. The minimum absolute atomic E-state index is 0.171. The van der Waals surface area contributed by atoms with Crippen LogP contribution < -0.4 is 15.0 Å². The highest BCUT2D eigenvalue weighted by atomic mass is 32.1. The number of aromatic nitrogens is 2. The van der Waals surface area contributed by atoms with Crippen molar-refractivity contribution < 1.29 is 13.9 Å². The first-order chi connectivity index (χ1) is 14.9. The van der Waals surface area contributed by atoms with Crippen molar-refractivity contribution in [3.05, 3.63) is 70.9 Å². The number of ether oxygens (including phenoxy) is 1. The Morgan fingerprint density at radius 1 is 1.19 bits per heavy atom. The van der Waals surface area contributed by atoms with Gasteiger partial charge in [-0.2, -0.15) is 0 Å². The van der Waals surface area contributed by atoms with Gasteiger partial charge in [0.1, 0.15) is 21.9 Å². The van der Waals surface area contributed by atoms with Crippen molar-refractivity contribution in [3.8, 4) is 11.4 Å². The first-order valence-corrected chi connectivity index (χ1v) is 10.6. The Morgan fingerprint density at radius 3 is 2.61 bits per heavy atom. The van der Waals surface area contributed by atoms with Crippen LogP contribution in [0.25, 0.3) is 16.0 Å². The van der Waals surface area contributed by atoms with Crippen LogP contribution in [0.5, 0.6) is 5.75 Å². The van der Waals surface area contributed by atoms with E-state index in [0.717, 1.165) is 27.3 Å². The highest BCUT2D eigenvalue weighted by Gasteiger charge is 2.21. The molecule has 2 aromatic carbocycles. The summed E-state index contributed by atoms with van der Waals surface area (Å²) in [4.78, 5) is 20.9. The van der Waals surface area contributed by atoms with E-state index >= 15 is 0 Å². The molecule has 0 aliphatic carbocycles. The molecule has 0 aliphatic rings. The smallest absolute Gasteiger partial charge is 0.261 e. The van der Waals surface area contributed by atoms with Gasteiger partial charge in [-0.25, -0.2) is 9.37 Å². The van der Waals surface area contributed by atoms with Gasteiger partial charge in [0.15, 0.2) is 0 Å². The summed E-state index contributed by atoms with van der Waals surface area (Å²) in [5.74, 6) is 0.985. The van der Waals surface area contributed by atoms with Gasteiger partial charge in [0.05, 0.1) is 23.7 Å². The topological polar surface area (TPSA) is 59.4 Å². The molecule has 2 aromatic heterocycles. The first-order valence-electron chi connectivity index (χ1n) is 9.77. The minimum Gasteiger partial charge on any atom is -0.497 e. The number of halogens is 1. The quantitative estimate of drug-likeness (QED) is 0.470. The van der Waals surface area contributed by atoms with Crippen LogP contribution >= 0.6 is 11.3 Å². The molecule has 6 nitrogen and oxygen atoms in total. The Bertz CT molecular complexity index is 1230. The molecule has 8 heteroatoms. The molecule has 4 aromatic rings. The van der Waals surface area contributed by atoms with Crippen LogP contribution in [0, 0.1) is 5.82 Å². The third kappa shape index (κ3) is 4.11. The number of fused-ring (bicyclic) bond motifs is 1. The summed E-state index contributed by atoms with van der Waals surface area (Å²) in [5.41, 5.74) is 2.46. The number of hydrogen-bond donors (Lipinski definition) is 1. The number of amides is 1.